The number of nitrogens with zero attached hydrogens (tertiary/aromatic N) is 2. The van der Waals surface area contributed by atoms with Gasteiger partial charge in [-0.05, 0) is 37.9 Å². The van der Waals surface area contributed by atoms with E-state index in [-0.39, 0.29) is 0 Å². The number of hydrogen-bond donors (Lipinski definition) is 0. The summed E-state index contributed by atoms with van der Waals surface area (Å²) in [6, 6.07) is 3.09. The summed E-state index contributed by atoms with van der Waals surface area (Å²) in [5, 5.41) is 4.22. The Bertz CT molecular complexity index is 322. The van der Waals surface area contributed by atoms with Crippen molar-refractivity contribution < 1.29 is 4.74 Å². The molecule has 0 unspecified atom stereocenters. The molecule has 0 aromatic carbocycles. The van der Waals surface area contributed by atoms with Gasteiger partial charge in [0.1, 0.15) is 15.9 Å². The number of rotatable bonds is 5. The minimum atomic E-state index is -0.979. The molecule has 0 saturated heterocycles. The largest absolute Gasteiger partial charge is 0.359 e. The smallest absolute Gasteiger partial charge is 0.140 e. The minimum Gasteiger partial charge on any atom is -0.359 e. The Balaban J connectivity index is 2.29. The van der Waals surface area contributed by atoms with Gasteiger partial charge in [0.2, 0.25) is 0 Å². The van der Waals surface area contributed by atoms with Crippen LogP contribution in [0.2, 0.25) is 25.7 Å². The Morgan fingerprint density at radius 2 is 2.07 bits per heavy atom. The molecule has 0 atom stereocenters. The van der Waals surface area contributed by atoms with Crippen molar-refractivity contribution in [3.8, 4) is 0 Å². The quantitative estimate of drug-likeness (QED) is 0.594. The van der Waals surface area contributed by atoms with Crippen molar-refractivity contribution in [3.63, 3.8) is 0 Å². The van der Waals surface area contributed by atoms with Crippen LogP contribution in [0.15, 0.2) is 15.3 Å². The van der Waals surface area contributed by atoms with Crippen LogP contribution in [0, 0.1) is 0 Å². The van der Waals surface area contributed by atoms with Crippen molar-refractivity contribution in [1.29, 1.82) is 0 Å². The SMILES string of the molecule is C[Si](C)(C)CCOCn1nc(Br)cc1Br. The summed E-state index contributed by atoms with van der Waals surface area (Å²) < 4.78 is 9.12. The van der Waals surface area contributed by atoms with Gasteiger partial charge in [0, 0.05) is 20.7 Å². The van der Waals surface area contributed by atoms with Gasteiger partial charge in [0.15, 0.2) is 0 Å². The molecule has 0 aliphatic rings. The summed E-state index contributed by atoms with van der Waals surface area (Å²) in [4.78, 5) is 0. The van der Waals surface area contributed by atoms with Crippen molar-refractivity contribution in [2.24, 2.45) is 0 Å². The van der Waals surface area contributed by atoms with Crippen LogP contribution in [0.5, 0.6) is 0 Å². The average molecular weight is 356 g/mol. The summed E-state index contributed by atoms with van der Waals surface area (Å²) in [6.45, 7) is 8.36. The molecule has 0 spiro atoms. The highest BCUT2D eigenvalue weighted by molar-refractivity contribution is 9.11. The van der Waals surface area contributed by atoms with Gasteiger partial charge < -0.3 is 4.74 Å². The van der Waals surface area contributed by atoms with Gasteiger partial charge in [-0.1, -0.05) is 19.6 Å². The van der Waals surface area contributed by atoms with Crippen molar-refractivity contribution in [2.75, 3.05) is 6.61 Å². The fraction of sp³-hybridized carbons (Fsp3) is 0.667. The maximum Gasteiger partial charge on any atom is 0.140 e. The Kier molecular flexibility index (Phi) is 5.01. The molecule has 6 heteroatoms. The lowest BCUT2D eigenvalue weighted by Gasteiger charge is -2.15. The third kappa shape index (κ3) is 5.28. The molecule has 0 radical (unpaired) electrons. The predicted molar refractivity (Wildman–Crippen MR) is 71.7 cm³/mol. The highest BCUT2D eigenvalue weighted by Crippen LogP contribution is 2.16. The second-order valence-electron chi connectivity index (χ2n) is 4.64. The molecule has 15 heavy (non-hydrogen) atoms. The van der Waals surface area contributed by atoms with Crippen LogP contribution in [0.3, 0.4) is 0 Å². The maximum atomic E-state index is 5.57. The van der Waals surface area contributed by atoms with Crippen LogP contribution < -0.4 is 0 Å². The molecule has 1 heterocycles. The normalized spacial score (nSPS) is 12.1. The summed E-state index contributed by atoms with van der Waals surface area (Å²) >= 11 is 6.72. The molecular formula is C9H16Br2N2OSi. The molecule has 0 fully saturated rings. The molecule has 0 bridgehead atoms. The Morgan fingerprint density at radius 1 is 1.40 bits per heavy atom. The van der Waals surface area contributed by atoms with Crippen molar-refractivity contribution in [1.82, 2.24) is 9.78 Å². The van der Waals surface area contributed by atoms with Gasteiger partial charge in [-0.15, -0.1) is 0 Å². The van der Waals surface area contributed by atoms with E-state index < -0.39 is 8.07 Å². The fourth-order valence-corrected chi connectivity index (χ4v) is 2.86. The first kappa shape index (κ1) is 13.4. The lowest BCUT2D eigenvalue weighted by molar-refractivity contribution is 0.0768. The molecule has 1 aromatic heterocycles. The molecule has 0 aliphatic heterocycles. The average Bonchev–Trinajstić information content (AvgIpc) is 2.37. The summed E-state index contributed by atoms with van der Waals surface area (Å²) in [5.41, 5.74) is 0. The molecule has 3 nitrogen and oxygen atoms in total. The lowest BCUT2D eigenvalue weighted by atomic mass is 10.7. The number of aromatic nitrogens is 2. The first-order chi connectivity index (χ1) is 6.88. The molecule has 0 amide bonds. The Hall–Kier alpha value is 0.347. The van der Waals surface area contributed by atoms with Crippen molar-refractivity contribution >= 4 is 39.9 Å². The van der Waals surface area contributed by atoms with Gasteiger partial charge in [0.25, 0.3) is 0 Å². The molecule has 1 rings (SSSR count). The van der Waals surface area contributed by atoms with Crippen LogP contribution in [0.25, 0.3) is 0 Å². The van der Waals surface area contributed by atoms with Crippen LogP contribution in [-0.2, 0) is 11.5 Å². The molecule has 1 aromatic rings. The first-order valence-corrected chi connectivity index (χ1v) is 10.1. The summed E-state index contributed by atoms with van der Waals surface area (Å²) in [5.74, 6) is 0. The van der Waals surface area contributed by atoms with E-state index in [1.807, 2.05) is 6.07 Å². The zero-order chi connectivity index (χ0) is 11.5. The maximum absolute atomic E-state index is 5.57. The second kappa shape index (κ2) is 5.61. The number of halogens is 2. The number of hydrogen-bond acceptors (Lipinski definition) is 2. The molecule has 0 N–H and O–H groups in total. The van der Waals surface area contributed by atoms with Gasteiger partial charge in [-0.3, -0.25) is 0 Å². The summed E-state index contributed by atoms with van der Waals surface area (Å²) in [6.07, 6.45) is 0. The zero-order valence-corrected chi connectivity index (χ0v) is 13.4. The summed E-state index contributed by atoms with van der Waals surface area (Å²) in [7, 11) is -0.979. The minimum absolute atomic E-state index is 0.511. The zero-order valence-electron chi connectivity index (χ0n) is 9.26. The van der Waals surface area contributed by atoms with Crippen molar-refractivity contribution in [2.45, 2.75) is 32.4 Å². The predicted octanol–water partition coefficient (Wildman–Crippen LogP) is 3.72. The fourth-order valence-electron chi connectivity index (χ4n) is 0.985. The van der Waals surface area contributed by atoms with Crippen LogP contribution in [0.1, 0.15) is 0 Å². The number of ether oxygens (including phenoxy) is 1. The van der Waals surface area contributed by atoms with Gasteiger partial charge in [-0.25, -0.2) is 4.68 Å². The van der Waals surface area contributed by atoms with Crippen LogP contribution >= 0.6 is 31.9 Å². The Labute approximate surface area is 108 Å². The van der Waals surface area contributed by atoms with Gasteiger partial charge >= 0.3 is 0 Å². The van der Waals surface area contributed by atoms with E-state index in [0.717, 1.165) is 15.8 Å². The Morgan fingerprint density at radius 3 is 2.53 bits per heavy atom. The van der Waals surface area contributed by atoms with Gasteiger partial charge in [-0.2, -0.15) is 5.10 Å². The van der Waals surface area contributed by atoms with E-state index in [2.05, 4.69) is 56.6 Å². The highest BCUT2D eigenvalue weighted by Gasteiger charge is 2.12. The van der Waals surface area contributed by atoms with Crippen molar-refractivity contribution in [3.05, 3.63) is 15.3 Å². The third-order valence-electron chi connectivity index (χ3n) is 1.91. The van der Waals surface area contributed by atoms with Gasteiger partial charge in [0.05, 0.1) is 0 Å². The molecule has 0 saturated carbocycles. The van der Waals surface area contributed by atoms with E-state index in [1.54, 1.807) is 4.68 Å². The van der Waals surface area contributed by atoms with E-state index in [4.69, 9.17) is 4.74 Å². The van der Waals surface area contributed by atoms with Crippen LogP contribution in [0.4, 0.5) is 0 Å². The first-order valence-electron chi connectivity index (χ1n) is 4.85. The monoisotopic (exact) mass is 354 g/mol. The van der Waals surface area contributed by atoms with Crippen LogP contribution in [-0.4, -0.2) is 24.5 Å². The molecule has 86 valence electrons. The van der Waals surface area contributed by atoms with E-state index >= 15 is 0 Å². The van der Waals surface area contributed by atoms with E-state index in [9.17, 15) is 0 Å². The molecular weight excluding hydrogens is 340 g/mol. The topological polar surface area (TPSA) is 27.1 Å². The molecule has 0 aliphatic carbocycles. The van der Waals surface area contributed by atoms with E-state index in [1.165, 1.54) is 6.04 Å². The highest BCUT2D eigenvalue weighted by atomic mass is 79.9. The second-order valence-corrected chi connectivity index (χ2v) is 11.9. The van der Waals surface area contributed by atoms with E-state index in [0.29, 0.717) is 6.73 Å². The third-order valence-corrected chi connectivity index (χ3v) is 4.64. The standard InChI is InChI=1S/C9H16Br2N2OSi/c1-15(2,3)5-4-14-7-13-9(11)6-8(10)12-13/h6H,4-5,7H2,1-3H3. The lowest BCUT2D eigenvalue weighted by Crippen LogP contribution is -2.22.